The summed E-state index contributed by atoms with van der Waals surface area (Å²) in [5.74, 6) is 0.0852. The summed E-state index contributed by atoms with van der Waals surface area (Å²) in [6, 6.07) is 13.0. The van der Waals surface area contributed by atoms with Crippen LogP contribution in [0.5, 0.6) is 5.75 Å². The van der Waals surface area contributed by atoms with Crippen LogP contribution in [0.2, 0.25) is 0 Å². The highest BCUT2D eigenvalue weighted by atomic mass is 19.3. The molecule has 0 amide bonds. The van der Waals surface area contributed by atoms with Gasteiger partial charge < -0.3 is 9.84 Å². The molecule has 8 heteroatoms. The average molecular weight is 474 g/mol. The highest BCUT2D eigenvalue weighted by Crippen LogP contribution is 2.35. The number of halogens is 3. The minimum Gasteiger partial charge on any atom is -0.434 e. The lowest BCUT2D eigenvalue weighted by atomic mass is 9.75. The molecule has 1 fully saturated rings. The van der Waals surface area contributed by atoms with Crippen molar-refractivity contribution in [2.24, 2.45) is 11.3 Å². The third-order valence-electron chi connectivity index (χ3n) is 6.65. The first-order valence-electron chi connectivity index (χ1n) is 11.5. The molecule has 0 aliphatic carbocycles. The van der Waals surface area contributed by atoms with Crippen molar-refractivity contribution in [1.29, 1.82) is 0 Å². The largest absolute Gasteiger partial charge is 0.434 e. The topological polar surface area (TPSA) is 50.5 Å². The average Bonchev–Trinajstić information content (AvgIpc) is 3.30. The number of hydrogen-bond acceptors (Lipinski definition) is 4. The van der Waals surface area contributed by atoms with Crippen molar-refractivity contribution >= 4 is 0 Å². The number of alkyl halides is 2. The summed E-state index contributed by atoms with van der Waals surface area (Å²) >= 11 is 0. The number of ether oxygens (including phenoxy) is 1. The second-order valence-electron chi connectivity index (χ2n) is 9.55. The van der Waals surface area contributed by atoms with Crippen molar-refractivity contribution in [1.82, 2.24) is 14.7 Å². The van der Waals surface area contributed by atoms with E-state index in [0.717, 1.165) is 25.9 Å². The van der Waals surface area contributed by atoms with Gasteiger partial charge in [0.15, 0.2) is 0 Å². The highest BCUT2D eigenvalue weighted by Gasteiger charge is 2.33. The van der Waals surface area contributed by atoms with Crippen LogP contribution in [-0.2, 0) is 6.54 Å². The molecule has 5 nitrogen and oxygen atoms in total. The second kappa shape index (κ2) is 10.2. The molecule has 1 atom stereocenters. The standard InChI is InChI=1S/C26H30F3N3O2/c1-26(2,17-33)20-5-4-11-31(16-20)15-19-9-8-18(13-24(19)34-25(28)29)23-10-12-32(30-23)22-7-3-6-21(27)14-22/h3,6-10,12-14,20,25,33H,4-5,11,15-17H2,1-2H3/t20-/m0/s1. The van der Waals surface area contributed by atoms with Crippen molar-refractivity contribution in [2.75, 3.05) is 19.7 Å². The van der Waals surface area contributed by atoms with Gasteiger partial charge in [-0.2, -0.15) is 13.9 Å². The van der Waals surface area contributed by atoms with Crippen LogP contribution < -0.4 is 4.74 Å². The fourth-order valence-corrected chi connectivity index (χ4v) is 4.50. The lowest BCUT2D eigenvalue weighted by Gasteiger charge is -2.40. The molecule has 182 valence electrons. The molecule has 0 radical (unpaired) electrons. The molecular formula is C26H30F3N3O2. The van der Waals surface area contributed by atoms with Gasteiger partial charge in [-0.05, 0) is 61.1 Å². The number of aliphatic hydroxyl groups is 1. The van der Waals surface area contributed by atoms with Gasteiger partial charge in [-0.1, -0.05) is 32.0 Å². The van der Waals surface area contributed by atoms with Gasteiger partial charge in [-0.25, -0.2) is 9.07 Å². The number of aliphatic hydroxyl groups excluding tert-OH is 1. The first-order chi connectivity index (χ1) is 16.2. The van der Waals surface area contributed by atoms with Crippen LogP contribution in [0.1, 0.15) is 32.3 Å². The summed E-state index contributed by atoms with van der Waals surface area (Å²) in [5.41, 5.74) is 2.25. The summed E-state index contributed by atoms with van der Waals surface area (Å²) in [6.07, 6.45) is 3.73. The molecule has 1 aliphatic heterocycles. The Kier molecular flexibility index (Phi) is 7.28. The third-order valence-corrected chi connectivity index (χ3v) is 6.65. The predicted octanol–water partition coefficient (Wildman–Crippen LogP) is 5.51. The number of rotatable bonds is 8. The summed E-state index contributed by atoms with van der Waals surface area (Å²) in [5, 5.41) is 14.2. The van der Waals surface area contributed by atoms with E-state index in [1.54, 1.807) is 36.5 Å². The summed E-state index contributed by atoms with van der Waals surface area (Å²) < 4.78 is 46.4. The van der Waals surface area contributed by atoms with Gasteiger partial charge in [0.05, 0.1) is 11.4 Å². The number of hydrogen-bond donors (Lipinski definition) is 1. The first-order valence-corrected chi connectivity index (χ1v) is 11.5. The quantitative estimate of drug-likeness (QED) is 0.469. The number of nitrogens with zero attached hydrogens (tertiary/aromatic N) is 3. The Morgan fingerprint density at radius 1 is 1.18 bits per heavy atom. The Morgan fingerprint density at radius 3 is 2.74 bits per heavy atom. The zero-order valence-electron chi connectivity index (χ0n) is 19.4. The van der Waals surface area contributed by atoms with Gasteiger partial charge in [0.2, 0.25) is 0 Å². The van der Waals surface area contributed by atoms with Crippen molar-refractivity contribution in [3.05, 3.63) is 66.1 Å². The summed E-state index contributed by atoms with van der Waals surface area (Å²) in [7, 11) is 0. The molecule has 0 unspecified atom stereocenters. The van der Waals surface area contributed by atoms with Gasteiger partial charge in [0.1, 0.15) is 11.6 Å². The molecule has 0 bridgehead atoms. The zero-order valence-corrected chi connectivity index (χ0v) is 19.4. The van der Waals surface area contributed by atoms with Crippen LogP contribution in [0, 0.1) is 17.2 Å². The Bertz CT molecular complexity index is 1120. The van der Waals surface area contributed by atoms with Crippen molar-refractivity contribution in [3.8, 4) is 22.7 Å². The summed E-state index contributed by atoms with van der Waals surface area (Å²) in [6.45, 7) is 3.43. The molecule has 34 heavy (non-hydrogen) atoms. The maximum atomic E-state index is 13.6. The van der Waals surface area contributed by atoms with Crippen LogP contribution >= 0.6 is 0 Å². The molecule has 1 saturated heterocycles. The monoisotopic (exact) mass is 473 g/mol. The molecular weight excluding hydrogens is 443 g/mol. The molecule has 0 saturated carbocycles. The first kappa shape index (κ1) is 24.3. The van der Waals surface area contributed by atoms with Crippen LogP contribution in [0.25, 0.3) is 16.9 Å². The van der Waals surface area contributed by atoms with E-state index in [1.165, 1.54) is 16.8 Å². The van der Waals surface area contributed by atoms with Gasteiger partial charge >= 0.3 is 6.61 Å². The molecule has 3 aromatic rings. The number of piperidine rings is 1. The highest BCUT2D eigenvalue weighted by molar-refractivity contribution is 5.62. The van der Waals surface area contributed by atoms with Crippen LogP contribution in [0.3, 0.4) is 0 Å². The van der Waals surface area contributed by atoms with E-state index in [2.05, 4.69) is 23.8 Å². The molecule has 1 aromatic heterocycles. The van der Waals surface area contributed by atoms with Crippen LogP contribution in [0.4, 0.5) is 13.2 Å². The van der Waals surface area contributed by atoms with E-state index >= 15 is 0 Å². The van der Waals surface area contributed by atoms with E-state index < -0.39 is 6.61 Å². The fraction of sp³-hybridized carbons (Fsp3) is 0.423. The molecule has 0 spiro atoms. The molecule has 4 rings (SSSR count). The smallest absolute Gasteiger partial charge is 0.387 e. The van der Waals surface area contributed by atoms with Crippen molar-refractivity contribution < 1.29 is 23.0 Å². The number of likely N-dealkylation sites (tertiary alicyclic amines) is 1. The Balaban J connectivity index is 1.56. The maximum Gasteiger partial charge on any atom is 0.387 e. The summed E-state index contributed by atoms with van der Waals surface area (Å²) in [4.78, 5) is 2.23. The van der Waals surface area contributed by atoms with E-state index in [0.29, 0.717) is 35.0 Å². The third kappa shape index (κ3) is 5.62. The lowest BCUT2D eigenvalue weighted by Crippen LogP contribution is -2.42. The van der Waals surface area contributed by atoms with E-state index in [-0.39, 0.29) is 23.6 Å². The van der Waals surface area contributed by atoms with Gasteiger partial charge in [0, 0.05) is 37.0 Å². The van der Waals surface area contributed by atoms with E-state index in [4.69, 9.17) is 4.74 Å². The zero-order chi connectivity index (χ0) is 24.3. The molecule has 2 aromatic carbocycles. The SMILES string of the molecule is CC(C)(CO)[C@H]1CCCN(Cc2ccc(-c3ccn(-c4cccc(F)c4)n3)cc2OC(F)F)C1. The van der Waals surface area contributed by atoms with Crippen LogP contribution in [0.15, 0.2) is 54.7 Å². The van der Waals surface area contributed by atoms with Crippen molar-refractivity contribution in [2.45, 2.75) is 39.8 Å². The lowest BCUT2D eigenvalue weighted by molar-refractivity contribution is -0.0509. The Labute approximate surface area is 197 Å². The van der Waals surface area contributed by atoms with Crippen molar-refractivity contribution in [3.63, 3.8) is 0 Å². The molecule has 1 N–H and O–H groups in total. The van der Waals surface area contributed by atoms with Gasteiger partial charge in [0.25, 0.3) is 0 Å². The molecule has 1 aliphatic rings. The minimum atomic E-state index is -2.94. The fourth-order valence-electron chi connectivity index (χ4n) is 4.50. The predicted molar refractivity (Wildman–Crippen MR) is 124 cm³/mol. The van der Waals surface area contributed by atoms with Gasteiger partial charge in [-0.3, -0.25) is 4.90 Å². The Morgan fingerprint density at radius 2 is 2.00 bits per heavy atom. The number of benzene rings is 2. The van der Waals surface area contributed by atoms with E-state index in [9.17, 15) is 18.3 Å². The van der Waals surface area contributed by atoms with Crippen LogP contribution in [-0.4, -0.2) is 46.1 Å². The number of aromatic nitrogens is 2. The Hall–Kier alpha value is -2.84. The van der Waals surface area contributed by atoms with Gasteiger partial charge in [-0.15, -0.1) is 0 Å². The minimum absolute atomic E-state index is 0.113. The van der Waals surface area contributed by atoms with E-state index in [1.807, 2.05) is 6.07 Å². The second-order valence-corrected chi connectivity index (χ2v) is 9.55. The molecule has 2 heterocycles. The maximum absolute atomic E-state index is 13.6. The normalized spacial score (nSPS) is 17.3.